The molecule has 0 aliphatic heterocycles. The number of carbonyl (C=O) groups is 1. The molecular formula is C14H16N4OS2. The molecule has 1 aromatic heterocycles. The van der Waals surface area contributed by atoms with E-state index >= 15 is 0 Å². The van der Waals surface area contributed by atoms with Gasteiger partial charge in [0.1, 0.15) is 4.99 Å². The van der Waals surface area contributed by atoms with E-state index in [0.29, 0.717) is 18.1 Å². The summed E-state index contributed by atoms with van der Waals surface area (Å²) in [5.41, 5.74) is 9.79. The van der Waals surface area contributed by atoms with Gasteiger partial charge >= 0.3 is 0 Å². The number of likely N-dealkylation sites (N-methyl/N-ethyl adjacent to an activating group) is 1. The number of thiazole rings is 1. The molecular weight excluding hydrogens is 304 g/mol. The van der Waals surface area contributed by atoms with E-state index in [1.807, 2.05) is 17.3 Å². The van der Waals surface area contributed by atoms with Crippen LogP contribution in [0.15, 0.2) is 35.2 Å². The van der Waals surface area contributed by atoms with E-state index in [4.69, 9.17) is 18.0 Å². The summed E-state index contributed by atoms with van der Waals surface area (Å²) in [7, 11) is 1.88. The Morgan fingerprint density at radius 1 is 1.43 bits per heavy atom. The number of carbonyl (C=O) groups excluding carboxylic acids is 1. The number of anilines is 1. The van der Waals surface area contributed by atoms with Crippen LogP contribution in [-0.4, -0.2) is 34.4 Å². The molecule has 0 fully saturated rings. The van der Waals surface area contributed by atoms with Gasteiger partial charge < -0.3 is 11.1 Å². The van der Waals surface area contributed by atoms with Gasteiger partial charge in [0.15, 0.2) is 0 Å². The number of rotatable bonds is 6. The molecule has 1 amide bonds. The van der Waals surface area contributed by atoms with Crippen molar-refractivity contribution in [1.29, 1.82) is 0 Å². The molecule has 0 aliphatic rings. The maximum absolute atomic E-state index is 11.9. The van der Waals surface area contributed by atoms with E-state index in [0.717, 1.165) is 16.9 Å². The fourth-order valence-electron chi connectivity index (χ4n) is 1.81. The normalized spacial score (nSPS) is 10.6. The van der Waals surface area contributed by atoms with Crippen molar-refractivity contribution in [2.24, 2.45) is 5.73 Å². The summed E-state index contributed by atoms with van der Waals surface area (Å²) >= 11 is 6.43. The number of hydrogen-bond acceptors (Lipinski definition) is 5. The number of benzene rings is 1. The van der Waals surface area contributed by atoms with Crippen LogP contribution >= 0.6 is 23.6 Å². The highest BCUT2D eigenvalue weighted by Crippen LogP contribution is 2.10. The standard InChI is InChI=1S/C14H16N4OS2/c1-18(6-12-8-21-9-16-12)7-13(19)17-11-4-2-10(3-5-11)14(15)20/h2-5,8-9H,6-7H2,1H3,(H2,15,20)(H,17,19). The zero-order valence-electron chi connectivity index (χ0n) is 11.6. The van der Waals surface area contributed by atoms with Gasteiger partial charge in [0.05, 0.1) is 17.7 Å². The second-order valence-electron chi connectivity index (χ2n) is 4.64. The van der Waals surface area contributed by atoms with E-state index in [1.165, 1.54) is 0 Å². The Kier molecular flexibility index (Phi) is 5.38. The maximum atomic E-state index is 11.9. The molecule has 2 aromatic rings. The summed E-state index contributed by atoms with van der Waals surface area (Å²) in [5.74, 6) is -0.0733. The second kappa shape index (κ2) is 7.26. The minimum Gasteiger partial charge on any atom is -0.389 e. The summed E-state index contributed by atoms with van der Waals surface area (Å²) in [4.78, 5) is 18.4. The minimum atomic E-state index is -0.0733. The SMILES string of the molecule is CN(CC(=O)Nc1ccc(C(N)=S)cc1)Cc1cscn1. The highest BCUT2D eigenvalue weighted by molar-refractivity contribution is 7.80. The number of amides is 1. The van der Waals surface area contributed by atoms with Gasteiger partial charge in [0, 0.05) is 23.2 Å². The third-order valence-corrected chi connectivity index (χ3v) is 3.65. The molecule has 5 nitrogen and oxygen atoms in total. The van der Waals surface area contributed by atoms with Gasteiger partial charge in [-0.15, -0.1) is 11.3 Å². The zero-order chi connectivity index (χ0) is 15.2. The molecule has 0 atom stereocenters. The van der Waals surface area contributed by atoms with Crippen molar-refractivity contribution < 1.29 is 4.79 Å². The van der Waals surface area contributed by atoms with Gasteiger partial charge in [-0.25, -0.2) is 4.98 Å². The largest absolute Gasteiger partial charge is 0.389 e. The lowest BCUT2D eigenvalue weighted by Gasteiger charge is -2.15. The molecule has 0 radical (unpaired) electrons. The maximum Gasteiger partial charge on any atom is 0.238 e. The molecule has 1 heterocycles. The molecule has 0 saturated carbocycles. The molecule has 0 bridgehead atoms. The lowest BCUT2D eigenvalue weighted by Crippen LogP contribution is -2.29. The Morgan fingerprint density at radius 2 is 2.14 bits per heavy atom. The van der Waals surface area contributed by atoms with Crippen LogP contribution < -0.4 is 11.1 Å². The van der Waals surface area contributed by atoms with E-state index in [2.05, 4.69) is 10.3 Å². The molecule has 0 saturated heterocycles. The van der Waals surface area contributed by atoms with E-state index in [-0.39, 0.29) is 5.91 Å². The number of thiocarbonyl (C=S) groups is 1. The fourth-order valence-corrected chi connectivity index (χ4v) is 2.50. The van der Waals surface area contributed by atoms with Gasteiger partial charge in [-0.1, -0.05) is 12.2 Å². The third-order valence-electron chi connectivity index (χ3n) is 2.78. The zero-order valence-corrected chi connectivity index (χ0v) is 13.2. The fraction of sp³-hybridized carbons (Fsp3) is 0.214. The van der Waals surface area contributed by atoms with Gasteiger partial charge in [0.25, 0.3) is 0 Å². The quantitative estimate of drug-likeness (QED) is 0.795. The smallest absolute Gasteiger partial charge is 0.238 e. The number of hydrogen-bond donors (Lipinski definition) is 2. The van der Waals surface area contributed by atoms with Crippen LogP contribution in [0.1, 0.15) is 11.3 Å². The summed E-state index contributed by atoms with van der Waals surface area (Å²) < 4.78 is 0. The average molecular weight is 320 g/mol. The molecule has 1 aromatic carbocycles. The Morgan fingerprint density at radius 3 is 2.71 bits per heavy atom. The van der Waals surface area contributed by atoms with Crippen molar-refractivity contribution >= 4 is 40.1 Å². The van der Waals surface area contributed by atoms with Crippen LogP contribution in [0.3, 0.4) is 0 Å². The predicted molar refractivity (Wildman–Crippen MR) is 89.4 cm³/mol. The summed E-state index contributed by atoms with van der Waals surface area (Å²) in [5, 5.41) is 4.81. The van der Waals surface area contributed by atoms with Crippen LogP contribution in [0.5, 0.6) is 0 Å². The first-order valence-electron chi connectivity index (χ1n) is 6.30. The van der Waals surface area contributed by atoms with Gasteiger partial charge in [0.2, 0.25) is 5.91 Å². The Labute approximate surface area is 132 Å². The lowest BCUT2D eigenvalue weighted by molar-refractivity contribution is -0.117. The van der Waals surface area contributed by atoms with Crippen molar-refractivity contribution in [3.05, 3.63) is 46.4 Å². The Bertz CT molecular complexity index is 610. The van der Waals surface area contributed by atoms with Gasteiger partial charge in [-0.3, -0.25) is 9.69 Å². The van der Waals surface area contributed by atoms with Crippen LogP contribution in [0, 0.1) is 0 Å². The molecule has 3 N–H and O–H groups in total. The van der Waals surface area contributed by atoms with Crippen molar-refractivity contribution in [2.45, 2.75) is 6.54 Å². The number of nitrogens with zero attached hydrogens (tertiary/aromatic N) is 2. The second-order valence-corrected chi connectivity index (χ2v) is 5.80. The van der Waals surface area contributed by atoms with Crippen molar-refractivity contribution in [3.63, 3.8) is 0 Å². The van der Waals surface area contributed by atoms with Gasteiger partial charge in [-0.2, -0.15) is 0 Å². The minimum absolute atomic E-state index is 0.0733. The summed E-state index contributed by atoms with van der Waals surface area (Å²) in [6.45, 7) is 0.950. The van der Waals surface area contributed by atoms with Crippen molar-refractivity contribution in [1.82, 2.24) is 9.88 Å². The Hall–Kier alpha value is -1.83. The van der Waals surface area contributed by atoms with Crippen LogP contribution in [0.2, 0.25) is 0 Å². The summed E-state index contributed by atoms with van der Waals surface area (Å²) in [6.07, 6.45) is 0. The molecule has 0 aliphatic carbocycles. The molecule has 2 rings (SSSR count). The highest BCUT2D eigenvalue weighted by Gasteiger charge is 2.08. The predicted octanol–water partition coefficient (Wildman–Crippen LogP) is 1.85. The van der Waals surface area contributed by atoms with E-state index in [9.17, 15) is 4.79 Å². The highest BCUT2D eigenvalue weighted by atomic mass is 32.1. The van der Waals surface area contributed by atoms with Crippen molar-refractivity contribution in [2.75, 3.05) is 18.9 Å². The molecule has 0 spiro atoms. The van der Waals surface area contributed by atoms with Crippen LogP contribution in [-0.2, 0) is 11.3 Å². The molecule has 110 valence electrons. The lowest BCUT2D eigenvalue weighted by atomic mass is 10.2. The first-order chi connectivity index (χ1) is 10.0. The number of nitrogens with one attached hydrogen (secondary N) is 1. The average Bonchev–Trinajstić information content (AvgIpc) is 2.91. The molecule has 0 unspecified atom stereocenters. The first-order valence-corrected chi connectivity index (χ1v) is 7.65. The number of nitrogens with two attached hydrogens (primary N) is 1. The topological polar surface area (TPSA) is 71.2 Å². The summed E-state index contributed by atoms with van der Waals surface area (Å²) in [6, 6.07) is 7.15. The van der Waals surface area contributed by atoms with E-state index < -0.39 is 0 Å². The van der Waals surface area contributed by atoms with Crippen LogP contribution in [0.4, 0.5) is 5.69 Å². The first kappa shape index (κ1) is 15.6. The molecule has 21 heavy (non-hydrogen) atoms. The van der Waals surface area contributed by atoms with Crippen molar-refractivity contribution in [3.8, 4) is 0 Å². The third kappa shape index (κ3) is 4.89. The monoisotopic (exact) mass is 320 g/mol. The Balaban J connectivity index is 1.84. The van der Waals surface area contributed by atoms with Crippen LogP contribution in [0.25, 0.3) is 0 Å². The molecule has 7 heteroatoms. The number of aromatic nitrogens is 1. The van der Waals surface area contributed by atoms with Gasteiger partial charge in [-0.05, 0) is 31.3 Å². The van der Waals surface area contributed by atoms with E-state index in [1.54, 1.807) is 41.1 Å².